The molecule has 0 aromatic carbocycles. The number of hydrogen-bond donors (Lipinski definition) is 2. The number of thiophene rings is 1. The van der Waals surface area contributed by atoms with E-state index in [1.807, 2.05) is 7.05 Å². The van der Waals surface area contributed by atoms with Crippen molar-refractivity contribution in [3.05, 3.63) is 33.8 Å². The maximum atomic E-state index is 4.36. The van der Waals surface area contributed by atoms with Crippen LogP contribution in [0.1, 0.15) is 29.9 Å². The SMILES string of the molecule is CCc1ccsc1CNc1ncnc(NC)c1CC. The van der Waals surface area contributed by atoms with Gasteiger partial charge in [0, 0.05) is 17.5 Å². The van der Waals surface area contributed by atoms with Crippen molar-refractivity contribution in [2.45, 2.75) is 33.2 Å². The fraction of sp³-hybridized carbons (Fsp3) is 0.429. The number of nitrogens with zero attached hydrogens (tertiary/aromatic N) is 2. The average molecular weight is 276 g/mol. The minimum absolute atomic E-state index is 0.827. The second-order valence-electron chi connectivity index (χ2n) is 4.23. The lowest BCUT2D eigenvalue weighted by molar-refractivity contribution is 1.01. The molecule has 0 saturated carbocycles. The van der Waals surface area contributed by atoms with Crippen molar-refractivity contribution in [3.8, 4) is 0 Å². The molecule has 0 bridgehead atoms. The van der Waals surface area contributed by atoms with Crippen LogP contribution in [0.15, 0.2) is 17.8 Å². The molecule has 2 aromatic rings. The van der Waals surface area contributed by atoms with E-state index in [1.54, 1.807) is 17.7 Å². The summed E-state index contributed by atoms with van der Waals surface area (Å²) in [7, 11) is 1.89. The first-order chi connectivity index (χ1) is 9.30. The summed E-state index contributed by atoms with van der Waals surface area (Å²) in [4.78, 5) is 9.99. The molecule has 4 nitrogen and oxygen atoms in total. The van der Waals surface area contributed by atoms with Gasteiger partial charge in [-0.05, 0) is 29.9 Å². The second-order valence-corrected chi connectivity index (χ2v) is 5.23. The molecular weight excluding hydrogens is 256 g/mol. The van der Waals surface area contributed by atoms with Crippen LogP contribution in [-0.2, 0) is 19.4 Å². The molecule has 0 aliphatic heterocycles. The Labute approximate surface area is 118 Å². The lowest BCUT2D eigenvalue weighted by Gasteiger charge is -2.12. The summed E-state index contributed by atoms with van der Waals surface area (Å²) in [5, 5.41) is 8.70. The minimum Gasteiger partial charge on any atom is -0.373 e. The van der Waals surface area contributed by atoms with Gasteiger partial charge in [-0.2, -0.15) is 0 Å². The molecule has 19 heavy (non-hydrogen) atoms. The van der Waals surface area contributed by atoms with Crippen LogP contribution in [0.25, 0.3) is 0 Å². The van der Waals surface area contributed by atoms with Gasteiger partial charge in [0.1, 0.15) is 18.0 Å². The van der Waals surface area contributed by atoms with Crippen LogP contribution < -0.4 is 10.6 Å². The van der Waals surface area contributed by atoms with Gasteiger partial charge in [0.25, 0.3) is 0 Å². The van der Waals surface area contributed by atoms with Crippen LogP contribution in [0, 0.1) is 0 Å². The zero-order valence-electron chi connectivity index (χ0n) is 11.7. The van der Waals surface area contributed by atoms with Crippen molar-refractivity contribution in [1.82, 2.24) is 9.97 Å². The molecular formula is C14H20N4S. The molecule has 0 amide bonds. The van der Waals surface area contributed by atoms with Gasteiger partial charge in [-0.3, -0.25) is 0 Å². The van der Waals surface area contributed by atoms with E-state index in [0.29, 0.717) is 0 Å². The molecule has 5 heteroatoms. The maximum absolute atomic E-state index is 4.36. The largest absolute Gasteiger partial charge is 0.373 e. The first kappa shape index (κ1) is 13.8. The summed E-state index contributed by atoms with van der Waals surface area (Å²) in [5.74, 6) is 1.83. The minimum atomic E-state index is 0.827. The van der Waals surface area contributed by atoms with Gasteiger partial charge in [0.2, 0.25) is 0 Å². The molecule has 102 valence electrons. The monoisotopic (exact) mass is 276 g/mol. The Morgan fingerprint density at radius 2 is 1.95 bits per heavy atom. The number of anilines is 2. The molecule has 0 fully saturated rings. The van der Waals surface area contributed by atoms with Crippen LogP contribution in [0.4, 0.5) is 11.6 Å². The lowest BCUT2D eigenvalue weighted by atomic mass is 10.2. The summed E-state index contributed by atoms with van der Waals surface area (Å²) in [6, 6.07) is 2.20. The fourth-order valence-corrected chi connectivity index (χ4v) is 3.03. The summed E-state index contributed by atoms with van der Waals surface area (Å²) < 4.78 is 0. The smallest absolute Gasteiger partial charge is 0.135 e. The third-order valence-electron chi connectivity index (χ3n) is 3.17. The van der Waals surface area contributed by atoms with Gasteiger partial charge in [-0.1, -0.05) is 13.8 Å². The molecule has 2 heterocycles. The highest BCUT2D eigenvalue weighted by Gasteiger charge is 2.09. The molecule has 2 rings (SSSR count). The van der Waals surface area contributed by atoms with E-state index >= 15 is 0 Å². The van der Waals surface area contributed by atoms with Crippen LogP contribution in [-0.4, -0.2) is 17.0 Å². The van der Waals surface area contributed by atoms with Crippen molar-refractivity contribution in [1.29, 1.82) is 0 Å². The van der Waals surface area contributed by atoms with Crippen molar-refractivity contribution in [2.24, 2.45) is 0 Å². The third-order valence-corrected chi connectivity index (χ3v) is 4.13. The van der Waals surface area contributed by atoms with Gasteiger partial charge in [-0.15, -0.1) is 11.3 Å². The number of rotatable bonds is 6. The van der Waals surface area contributed by atoms with Crippen molar-refractivity contribution >= 4 is 23.0 Å². The van der Waals surface area contributed by atoms with E-state index in [9.17, 15) is 0 Å². The lowest BCUT2D eigenvalue weighted by Crippen LogP contribution is -2.08. The highest BCUT2D eigenvalue weighted by atomic mass is 32.1. The maximum Gasteiger partial charge on any atom is 0.135 e. The first-order valence-electron chi connectivity index (χ1n) is 6.60. The number of aryl methyl sites for hydroxylation is 1. The van der Waals surface area contributed by atoms with Crippen molar-refractivity contribution in [2.75, 3.05) is 17.7 Å². The predicted octanol–water partition coefficient (Wildman–Crippen LogP) is 3.32. The highest BCUT2D eigenvalue weighted by molar-refractivity contribution is 7.10. The fourth-order valence-electron chi connectivity index (χ4n) is 2.12. The van der Waals surface area contributed by atoms with E-state index in [0.717, 1.165) is 36.6 Å². The number of hydrogen-bond acceptors (Lipinski definition) is 5. The van der Waals surface area contributed by atoms with Crippen LogP contribution >= 0.6 is 11.3 Å². The molecule has 2 N–H and O–H groups in total. The van der Waals surface area contributed by atoms with Gasteiger partial charge in [0.05, 0.1) is 6.54 Å². The van der Waals surface area contributed by atoms with Gasteiger partial charge >= 0.3 is 0 Å². The molecule has 0 atom stereocenters. The zero-order valence-corrected chi connectivity index (χ0v) is 12.5. The third kappa shape index (κ3) is 3.04. The summed E-state index contributed by atoms with van der Waals surface area (Å²) >= 11 is 1.80. The van der Waals surface area contributed by atoms with E-state index in [2.05, 4.69) is 45.9 Å². The number of nitrogens with one attached hydrogen (secondary N) is 2. The summed E-state index contributed by atoms with van der Waals surface area (Å²) in [5.41, 5.74) is 2.55. The molecule has 2 aromatic heterocycles. The Balaban J connectivity index is 2.15. The molecule has 0 unspecified atom stereocenters. The van der Waals surface area contributed by atoms with Crippen molar-refractivity contribution < 1.29 is 0 Å². The molecule has 0 aliphatic rings. The average Bonchev–Trinajstić information content (AvgIpc) is 2.91. The van der Waals surface area contributed by atoms with E-state index in [1.165, 1.54) is 10.4 Å². The Bertz CT molecular complexity index is 536. The Morgan fingerprint density at radius 3 is 2.63 bits per heavy atom. The second kappa shape index (κ2) is 6.52. The number of aromatic nitrogens is 2. The zero-order chi connectivity index (χ0) is 13.7. The van der Waals surface area contributed by atoms with E-state index in [4.69, 9.17) is 0 Å². The molecule has 0 saturated heterocycles. The summed E-state index contributed by atoms with van der Waals surface area (Å²) in [6.07, 6.45) is 3.58. The molecule has 0 spiro atoms. The Hall–Kier alpha value is -1.62. The molecule has 0 radical (unpaired) electrons. The Morgan fingerprint density at radius 1 is 1.16 bits per heavy atom. The highest BCUT2D eigenvalue weighted by Crippen LogP contribution is 2.23. The van der Waals surface area contributed by atoms with Gasteiger partial charge in [-0.25, -0.2) is 9.97 Å². The summed E-state index contributed by atoms with van der Waals surface area (Å²) in [6.45, 7) is 5.13. The predicted molar refractivity (Wildman–Crippen MR) is 82.0 cm³/mol. The van der Waals surface area contributed by atoms with E-state index in [-0.39, 0.29) is 0 Å². The quantitative estimate of drug-likeness (QED) is 0.850. The van der Waals surface area contributed by atoms with E-state index < -0.39 is 0 Å². The van der Waals surface area contributed by atoms with Crippen LogP contribution in [0.3, 0.4) is 0 Å². The standard InChI is InChI=1S/C14H20N4S/c1-4-10-6-7-19-12(10)8-16-14-11(5-2)13(15-3)17-9-18-14/h6-7,9H,4-5,8H2,1-3H3,(H2,15,16,17,18). The Kier molecular flexibility index (Phi) is 4.74. The first-order valence-corrected chi connectivity index (χ1v) is 7.48. The normalized spacial score (nSPS) is 10.5. The van der Waals surface area contributed by atoms with Crippen LogP contribution in [0.5, 0.6) is 0 Å². The van der Waals surface area contributed by atoms with Gasteiger partial charge in [0.15, 0.2) is 0 Å². The van der Waals surface area contributed by atoms with Crippen LogP contribution in [0.2, 0.25) is 0 Å². The topological polar surface area (TPSA) is 49.8 Å². The van der Waals surface area contributed by atoms with Gasteiger partial charge < -0.3 is 10.6 Å². The molecule has 0 aliphatic carbocycles. The van der Waals surface area contributed by atoms with Crippen molar-refractivity contribution in [3.63, 3.8) is 0 Å².